The SMILES string of the molecule is CCc1nn(C)c(COc2ccc(C(=O)O)cc2F)c1Br. The first-order chi connectivity index (χ1) is 9.93. The maximum absolute atomic E-state index is 13.8. The average Bonchev–Trinajstić information content (AvgIpc) is 2.72. The number of carboxylic acids is 1. The molecule has 0 amide bonds. The van der Waals surface area contributed by atoms with Gasteiger partial charge in [0.2, 0.25) is 0 Å². The predicted molar refractivity (Wildman–Crippen MR) is 78.0 cm³/mol. The lowest BCUT2D eigenvalue weighted by Crippen LogP contribution is -2.05. The average molecular weight is 357 g/mol. The molecule has 112 valence electrons. The van der Waals surface area contributed by atoms with Gasteiger partial charge in [0.1, 0.15) is 6.61 Å². The second-order valence-electron chi connectivity index (χ2n) is 4.42. The Balaban J connectivity index is 2.17. The fraction of sp³-hybridized carbons (Fsp3) is 0.286. The van der Waals surface area contributed by atoms with E-state index in [2.05, 4.69) is 21.0 Å². The van der Waals surface area contributed by atoms with E-state index in [1.807, 2.05) is 6.92 Å². The van der Waals surface area contributed by atoms with Gasteiger partial charge in [-0.2, -0.15) is 5.10 Å². The molecule has 7 heteroatoms. The molecule has 0 bridgehead atoms. The summed E-state index contributed by atoms with van der Waals surface area (Å²) in [5.74, 6) is -1.88. The molecule has 0 aliphatic carbocycles. The summed E-state index contributed by atoms with van der Waals surface area (Å²) in [7, 11) is 1.78. The molecular formula is C14H14BrFN2O3. The number of carbonyl (C=O) groups is 1. The molecule has 2 aromatic rings. The molecule has 5 nitrogen and oxygen atoms in total. The number of ether oxygens (including phenoxy) is 1. The van der Waals surface area contributed by atoms with Gasteiger partial charge in [0.25, 0.3) is 0 Å². The van der Waals surface area contributed by atoms with Gasteiger partial charge < -0.3 is 9.84 Å². The van der Waals surface area contributed by atoms with Crippen molar-refractivity contribution in [3.8, 4) is 5.75 Å². The van der Waals surface area contributed by atoms with Gasteiger partial charge in [-0.15, -0.1) is 0 Å². The maximum Gasteiger partial charge on any atom is 0.335 e. The lowest BCUT2D eigenvalue weighted by Gasteiger charge is -2.08. The molecule has 0 atom stereocenters. The Kier molecular flexibility index (Phi) is 4.62. The van der Waals surface area contributed by atoms with Gasteiger partial charge >= 0.3 is 5.97 Å². The van der Waals surface area contributed by atoms with Crippen LogP contribution in [0.5, 0.6) is 5.75 Å². The van der Waals surface area contributed by atoms with E-state index < -0.39 is 11.8 Å². The Hall–Kier alpha value is -1.89. The second-order valence-corrected chi connectivity index (χ2v) is 5.22. The zero-order valence-electron chi connectivity index (χ0n) is 11.6. The molecule has 1 aromatic heterocycles. The number of nitrogens with zero attached hydrogens (tertiary/aromatic N) is 2. The molecule has 1 N–H and O–H groups in total. The molecule has 0 saturated carbocycles. The first-order valence-electron chi connectivity index (χ1n) is 6.30. The Morgan fingerprint density at radius 3 is 2.76 bits per heavy atom. The number of hydrogen-bond acceptors (Lipinski definition) is 3. The van der Waals surface area contributed by atoms with Gasteiger partial charge in [-0.25, -0.2) is 9.18 Å². The molecule has 1 aromatic carbocycles. The summed E-state index contributed by atoms with van der Waals surface area (Å²) in [6.07, 6.45) is 0.774. The van der Waals surface area contributed by atoms with E-state index in [1.54, 1.807) is 11.7 Å². The highest BCUT2D eigenvalue weighted by Gasteiger charge is 2.15. The third-order valence-electron chi connectivity index (χ3n) is 3.05. The minimum Gasteiger partial charge on any atom is -0.484 e. The molecule has 2 rings (SSSR count). The Morgan fingerprint density at radius 1 is 1.52 bits per heavy atom. The zero-order valence-corrected chi connectivity index (χ0v) is 13.1. The molecule has 0 fully saturated rings. The highest BCUT2D eigenvalue weighted by atomic mass is 79.9. The van der Waals surface area contributed by atoms with Crippen LogP contribution in [0.15, 0.2) is 22.7 Å². The zero-order chi connectivity index (χ0) is 15.6. The van der Waals surface area contributed by atoms with Crippen molar-refractivity contribution in [2.45, 2.75) is 20.0 Å². The van der Waals surface area contributed by atoms with E-state index in [9.17, 15) is 9.18 Å². The summed E-state index contributed by atoms with van der Waals surface area (Å²) >= 11 is 3.45. The summed E-state index contributed by atoms with van der Waals surface area (Å²) in [5, 5.41) is 13.1. The number of rotatable bonds is 5. The Labute approximate surface area is 129 Å². The number of aromatic carboxylic acids is 1. The van der Waals surface area contributed by atoms with Gasteiger partial charge in [0.15, 0.2) is 11.6 Å². The first-order valence-corrected chi connectivity index (χ1v) is 7.09. The van der Waals surface area contributed by atoms with Crippen molar-refractivity contribution in [1.29, 1.82) is 0 Å². The van der Waals surface area contributed by atoms with Crippen LogP contribution in [0.2, 0.25) is 0 Å². The van der Waals surface area contributed by atoms with Crippen LogP contribution in [-0.4, -0.2) is 20.9 Å². The number of carboxylic acid groups (broad SMARTS) is 1. The summed E-state index contributed by atoms with van der Waals surface area (Å²) < 4.78 is 21.7. The van der Waals surface area contributed by atoms with Gasteiger partial charge in [-0.1, -0.05) is 6.92 Å². The van der Waals surface area contributed by atoms with E-state index in [0.717, 1.165) is 28.3 Å². The van der Waals surface area contributed by atoms with Crippen LogP contribution in [0.4, 0.5) is 4.39 Å². The summed E-state index contributed by atoms with van der Waals surface area (Å²) in [4.78, 5) is 10.7. The van der Waals surface area contributed by atoms with E-state index in [1.165, 1.54) is 12.1 Å². The number of aryl methyl sites for hydroxylation is 2. The molecule has 1 heterocycles. The van der Waals surface area contributed by atoms with Gasteiger partial charge in [0, 0.05) is 7.05 Å². The predicted octanol–water partition coefficient (Wildman–Crippen LogP) is 3.16. The smallest absolute Gasteiger partial charge is 0.335 e. The van der Waals surface area contributed by atoms with Crippen LogP contribution in [0.3, 0.4) is 0 Å². The highest BCUT2D eigenvalue weighted by molar-refractivity contribution is 9.10. The van der Waals surface area contributed by atoms with Crippen molar-refractivity contribution in [2.75, 3.05) is 0 Å². The van der Waals surface area contributed by atoms with E-state index in [-0.39, 0.29) is 17.9 Å². The lowest BCUT2D eigenvalue weighted by atomic mass is 10.2. The van der Waals surface area contributed by atoms with Crippen molar-refractivity contribution in [3.05, 3.63) is 45.4 Å². The number of hydrogen-bond donors (Lipinski definition) is 1. The van der Waals surface area contributed by atoms with E-state index in [4.69, 9.17) is 9.84 Å². The van der Waals surface area contributed by atoms with Crippen molar-refractivity contribution < 1.29 is 19.0 Å². The lowest BCUT2D eigenvalue weighted by molar-refractivity contribution is 0.0696. The standard InChI is InChI=1S/C14H14BrFN2O3/c1-3-10-13(15)11(18(2)17-10)7-21-12-5-4-8(14(19)20)6-9(12)16/h4-6H,3,7H2,1-2H3,(H,19,20). The normalized spacial score (nSPS) is 10.7. The summed E-state index contributed by atoms with van der Waals surface area (Å²) in [6, 6.07) is 3.55. The number of aromatic nitrogens is 2. The van der Waals surface area contributed by atoms with Crippen LogP contribution < -0.4 is 4.74 Å². The molecule has 21 heavy (non-hydrogen) atoms. The topological polar surface area (TPSA) is 64.4 Å². The fourth-order valence-corrected chi connectivity index (χ4v) is 2.60. The maximum atomic E-state index is 13.8. The van der Waals surface area contributed by atoms with E-state index >= 15 is 0 Å². The van der Waals surface area contributed by atoms with Crippen molar-refractivity contribution in [3.63, 3.8) is 0 Å². The number of benzene rings is 1. The molecule has 0 aliphatic heterocycles. The Bertz CT molecular complexity index is 685. The fourth-order valence-electron chi connectivity index (χ4n) is 1.87. The van der Waals surface area contributed by atoms with Crippen molar-refractivity contribution >= 4 is 21.9 Å². The summed E-state index contributed by atoms with van der Waals surface area (Å²) in [6.45, 7) is 2.12. The largest absolute Gasteiger partial charge is 0.484 e. The molecule has 0 saturated heterocycles. The first kappa shape index (κ1) is 15.5. The van der Waals surface area contributed by atoms with Crippen molar-refractivity contribution in [1.82, 2.24) is 9.78 Å². The van der Waals surface area contributed by atoms with Gasteiger partial charge in [-0.3, -0.25) is 4.68 Å². The molecular weight excluding hydrogens is 343 g/mol. The second kappa shape index (κ2) is 6.26. The number of halogens is 2. The van der Waals surface area contributed by atoms with Crippen LogP contribution in [0, 0.1) is 5.82 Å². The highest BCUT2D eigenvalue weighted by Crippen LogP contribution is 2.24. The van der Waals surface area contributed by atoms with Gasteiger partial charge in [0.05, 0.1) is 21.4 Å². The third kappa shape index (κ3) is 3.24. The third-order valence-corrected chi connectivity index (χ3v) is 3.96. The molecule has 0 spiro atoms. The van der Waals surface area contributed by atoms with Crippen LogP contribution >= 0.6 is 15.9 Å². The Morgan fingerprint density at radius 2 is 2.24 bits per heavy atom. The van der Waals surface area contributed by atoms with Crippen LogP contribution in [0.25, 0.3) is 0 Å². The minimum atomic E-state index is -1.18. The van der Waals surface area contributed by atoms with Crippen molar-refractivity contribution in [2.24, 2.45) is 7.05 Å². The minimum absolute atomic E-state index is 0.00569. The summed E-state index contributed by atoms with van der Waals surface area (Å²) in [5.41, 5.74) is 1.57. The van der Waals surface area contributed by atoms with E-state index in [0.29, 0.717) is 0 Å². The van der Waals surface area contributed by atoms with Crippen LogP contribution in [0.1, 0.15) is 28.7 Å². The molecule has 0 aliphatic rings. The van der Waals surface area contributed by atoms with Crippen LogP contribution in [-0.2, 0) is 20.1 Å². The molecule has 0 unspecified atom stereocenters. The van der Waals surface area contributed by atoms with Gasteiger partial charge in [-0.05, 0) is 40.5 Å². The monoisotopic (exact) mass is 356 g/mol. The quantitative estimate of drug-likeness (QED) is 0.893. The molecule has 0 radical (unpaired) electrons.